The number of piperidine rings is 1. The summed E-state index contributed by atoms with van der Waals surface area (Å²) in [5, 5.41) is 7.31. The molecule has 1 amide bonds. The third-order valence-corrected chi connectivity index (χ3v) is 7.10. The van der Waals surface area contributed by atoms with Crippen molar-refractivity contribution in [3.8, 4) is 0 Å². The van der Waals surface area contributed by atoms with E-state index in [9.17, 15) is 13.2 Å². The lowest BCUT2D eigenvalue weighted by molar-refractivity contribution is -0.126. The average Bonchev–Trinajstić information content (AvgIpc) is 3.08. The Hall–Kier alpha value is -1.41. The van der Waals surface area contributed by atoms with Crippen molar-refractivity contribution in [1.82, 2.24) is 20.0 Å². The van der Waals surface area contributed by atoms with E-state index in [0.717, 1.165) is 38.8 Å². The highest BCUT2D eigenvalue weighted by Gasteiger charge is 2.31. The first-order valence-corrected chi connectivity index (χ1v) is 11.0. The van der Waals surface area contributed by atoms with Gasteiger partial charge in [0.2, 0.25) is 5.91 Å². The number of aromatic nitrogens is 2. The lowest BCUT2D eigenvalue weighted by atomic mass is 10.00. The zero-order chi connectivity index (χ0) is 17.9. The number of amides is 1. The smallest absolute Gasteiger partial charge is 0.224 e. The van der Waals surface area contributed by atoms with Gasteiger partial charge in [-0.3, -0.25) is 9.48 Å². The van der Waals surface area contributed by atoms with Crippen molar-refractivity contribution in [2.45, 2.75) is 51.2 Å². The fourth-order valence-corrected chi connectivity index (χ4v) is 5.23. The molecule has 0 aromatic carbocycles. The highest BCUT2D eigenvalue weighted by molar-refractivity contribution is 7.91. The zero-order valence-electron chi connectivity index (χ0n) is 14.8. The summed E-state index contributed by atoms with van der Waals surface area (Å²) in [6, 6.07) is 2.46. The summed E-state index contributed by atoms with van der Waals surface area (Å²) < 4.78 is 24.9. The molecule has 3 rings (SSSR count). The van der Waals surface area contributed by atoms with Gasteiger partial charge in [0.1, 0.15) is 9.84 Å². The molecule has 1 aromatic rings. The van der Waals surface area contributed by atoms with Gasteiger partial charge in [0.25, 0.3) is 0 Å². The topological polar surface area (TPSA) is 84.3 Å². The molecular weight excluding hydrogens is 340 g/mol. The van der Waals surface area contributed by atoms with Crippen LogP contribution in [-0.2, 0) is 21.2 Å². The van der Waals surface area contributed by atoms with Gasteiger partial charge in [-0.05, 0) is 31.7 Å². The molecule has 1 atom stereocenters. The van der Waals surface area contributed by atoms with E-state index in [0.29, 0.717) is 24.1 Å². The third kappa shape index (κ3) is 5.04. The highest BCUT2D eigenvalue weighted by Crippen LogP contribution is 2.22. The van der Waals surface area contributed by atoms with Gasteiger partial charge in [-0.15, -0.1) is 0 Å². The molecule has 8 heteroatoms. The molecule has 1 aromatic heterocycles. The second-order valence-electron chi connectivity index (χ2n) is 7.33. The second kappa shape index (κ2) is 7.86. The third-order valence-electron chi connectivity index (χ3n) is 5.38. The fourth-order valence-electron chi connectivity index (χ4n) is 3.77. The molecule has 0 radical (unpaired) electrons. The van der Waals surface area contributed by atoms with Crippen molar-refractivity contribution in [3.63, 3.8) is 0 Å². The van der Waals surface area contributed by atoms with Gasteiger partial charge >= 0.3 is 0 Å². The fraction of sp³-hybridized carbons (Fsp3) is 0.765. The van der Waals surface area contributed by atoms with Gasteiger partial charge < -0.3 is 10.2 Å². The standard InChI is InChI=1S/C17H28N4O3S/c1-14(13-21-8-2-7-18-21)17(22)19-15-3-9-20(10-4-15)16-5-11-25(23,24)12-6-16/h2,7-8,14-16H,3-6,9-13H2,1H3,(H,19,22)/t14-/m0/s1. The number of sulfone groups is 1. The van der Waals surface area contributed by atoms with Crippen LogP contribution in [0.3, 0.4) is 0 Å². The molecule has 25 heavy (non-hydrogen) atoms. The Morgan fingerprint density at radius 2 is 1.92 bits per heavy atom. The van der Waals surface area contributed by atoms with E-state index in [2.05, 4.69) is 15.3 Å². The van der Waals surface area contributed by atoms with Crippen LogP contribution in [0.4, 0.5) is 0 Å². The van der Waals surface area contributed by atoms with Crippen LogP contribution in [0.25, 0.3) is 0 Å². The number of nitrogens with zero attached hydrogens (tertiary/aromatic N) is 3. The van der Waals surface area contributed by atoms with Gasteiger partial charge in [0.05, 0.1) is 24.0 Å². The molecular formula is C17H28N4O3S. The minimum Gasteiger partial charge on any atom is -0.353 e. The average molecular weight is 369 g/mol. The molecule has 0 aliphatic carbocycles. The van der Waals surface area contributed by atoms with Gasteiger partial charge in [-0.2, -0.15) is 5.10 Å². The van der Waals surface area contributed by atoms with Crippen LogP contribution in [0.15, 0.2) is 18.5 Å². The maximum absolute atomic E-state index is 12.4. The van der Waals surface area contributed by atoms with Crippen molar-refractivity contribution in [1.29, 1.82) is 0 Å². The molecule has 2 aliphatic heterocycles. The summed E-state index contributed by atoms with van der Waals surface area (Å²) in [5.41, 5.74) is 0. The molecule has 140 valence electrons. The van der Waals surface area contributed by atoms with Crippen LogP contribution in [0, 0.1) is 5.92 Å². The predicted octanol–water partition coefficient (Wildman–Crippen LogP) is 0.677. The molecule has 0 bridgehead atoms. The van der Waals surface area contributed by atoms with Crippen LogP contribution in [-0.4, -0.2) is 65.7 Å². The maximum atomic E-state index is 12.4. The Kier molecular flexibility index (Phi) is 5.78. The van der Waals surface area contributed by atoms with Crippen LogP contribution < -0.4 is 5.32 Å². The first kappa shape index (κ1) is 18.4. The number of carbonyl (C=O) groups excluding carboxylic acids is 1. The van der Waals surface area contributed by atoms with Crippen LogP contribution in [0.2, 0.25) is 0 Å². The summed E-state index contributed by atoms with van der Waals surface area (Å²) in [6.45, 7) is 4.38. The monoisotopic (exact) mass is 368 g/mol. The summed E-state index contributed by atoms with van der Waals surface area (Å²) in [7, 11) is -2.80. The van der Waals surface area contributed by atoms with E-state index < -0.39 is 9.84 Å². The number of rotatable bonds is 5. The largest absolute Gasteiger partial charge is 0.353 e. The van der Waals surface area contributed by atoms with E-state index >= 15 is 0 Å². The summed E-state index contributed by atoms with van der Waals surface area (Å²) >= 11 is 0. The van der Waals surface area contributed by atoms with Gasteiger partial charge in [-0.1, -0.05) is 6.92 Å². The Morgan fingerprint density at radius 1 is 1.24 bits per heavy atom. The first-order chi connectivity index (χ1) is 11.9. The lowest BCUT2D eigenvalue weighted by Crippen LogP contribution is -2.50. The normalized spacial score (nSPS) is 24.0. The molecule has 0 saturated carbocycles. The summed E-state index contributed by atoms with van der Waals surface area (Å²) in [4.78, 5) is 14.8. The molecule has 3 heterocycles. The van der Waals surface area contributed by atoms with Gasteiger partial charge in [0, 0.05) is 37.6 Å². The number of hydrogen-bond acceptors (Lipinski definition) is 5. The van der Waals surface area contributed by atoms with Gasteiger partial charge in [-0.25, -0.2) is 8.42 Å². The molecule has 2 fully saturated rings. The van der Waals surface area contributed by atoms with Crippen molar-refractivity contribution >= 4 is 15.7 Å². The molecule has 2 saturated heterocycles. The molecule has 7 nitrogen and oxygen atoms in total. The Morgan fingerprint density at radius 3 is 2.52 bits per heavy atom. The first-order valence-electron chi connectivity index (χ1n) is 9.15. The number of nitrogens with one attached hydrogen (secondary N) is 1. The van der Waals surface area contributed by atoms with Crippen molar-refractivity contribution in [2.24, 2.45) is 5.92 Å². The summed E-state index contributed by atoms with van der Waals surface area (Å²) in [6.07, 6.45) is 6.96. The molecule has 2 aliphatic rings. The number of carbonyl (C=O) groups is 1. The van der Waals surface area contributed by atoms with Crippen LogP contribution in [0.5, 0.6) is 0 Å². The van der Waals surface area contributed by atoms with Crippen LogP contribution in [0.1, 0.15) is 32.6 Å². The van der Waals surface area contributed by atoms with E-state index in [1.165, 1.54) is 0 Å². The zero-order valence-corrected chi connectivity index (χ0v) is 15.6. The molecule has 0 spiro atoms. The number of hydrogen-bond donors (Lipinski definition) is 1. The molecule has 1 N–H and O–H groups in total. The van der Waals surface area contributed by atoms with E-state index in [1.807, 2.05) is 19.2 Å². The SMILES string of the molecule is C[C@@H](Cn1cccn1)C(=O)NC1CCN(C2CCS(=O)(=O)CC2)CC1. The van der Waals surface area contributed by atoms with Crippen LogP contribution >= 0.6 is 0 Å². The lowest BCUT2D eigenvalue weighted by Gasteiger charge is -2.39. The van der Waals surface area contributed by atoms with Crippen molar-refractivity contribution < 1.29 is 13.2 Å². The van der Waals surface area contributed by atoms with Crippen molar-refractivity contribution in [3.05, 3.63) is 18.5 Å². The Balaban J connectivity index is 1.41. The Bertz CT molecular complexity index is 652. The van der Waals surface area contributed by atoms with Gasteiger partial charge in [0.15, 0.2) is 0 Å². The maximum Gasteiger partial charge on any atom is 0.224 e. The minimum atomic E-state index is -2.80. The predicted molar refractivity (Wildman–Crippen MR) is 95.8 cm³/mol. The highest BCUT2D eigenvalue weighted by atomic mass is 32.2. The number of likely N-dealkylation sites (tertiary alicyclic amines) is 1. The second-order valence-corrected chi connectivity index (χ2v) is 9.63. The minimum absolute atomic E-state index is 0.0812. The van der Waals surface area contributed by atoms with Crippen molar-refractivity contribution in [2.75, 3.05) is 24.6 Å². The van der Waals surface area contributed by atoms with E-state index in [1.54, 1.807) is 10.9 Å². The quantitative estimate of drug-likeness (QED) is 0.826. The van der Waals surface area contributed by atoms with E-state index in [-0.39, 0.29) is 17.9 Å². The summed E-state index contributed by atoms with van der Waals surface area (Å²) in [5.74, 6) is 0.609. The molecule has 0 unspecified atom stereocenters. The van der Waals surface area contributed by atoms with E-state index in [4.69, 9.17) is 0 Å². The Labute approximate surface area is 149 Å².